The van der Waals surface area contributed by atoms with Crippen molar-refractivity contribution in [2.24, 2.45) is 4.99 Å². The van der Waals surface area contributed by atoms with Crippen LogP contribution in [0.2, 0.25) is 0 Å². The number of amidine groups is 1. The summed E-state index contributed by atoms with van der Waals surface area (Å²) in [5.41, 5.74) is 3.46. The van der Waals surface area contributed by atoms with Crippen LogP contribution in [-0.2, 0) is 9.53 Å². The minimum Gasteiger partial charge on any atom is -0.451 e. The smallest absolute Gasteiger partial charge is 0.292 e. The summed E-state index contributed by atoms with van der Waals surface area (Å²) in [7, 11) is 1.61. The number of carbonyl (C=O) groups excluding carboxylic acids is 1. The molecule has 0 aliphatic carbocycles. The van der Waals surface area contributed by atoms with E-state index in [2.05, 4.69) is 38.4 Å². The standard InChI is InChI=1S/C18H22N4O2/c1-11(16-17(23)21-18(19-2)24-16)12-10-20-13-6-5-7-14(15(12)13)22-8-3-4-9-22/h5-7,10-11,16,20H,3-4,8-9H2,1-2H3,(H,19,21,23). The van der Waals surface area contributed by atoms with Gasteiger partial charge in [-0.1, -0.05) is 13.0 Å². The van der Waals surface area contributed by atoms with Gasteiger partial charge in [-0.05, 0) is 30.5 Å². The van der Waals surface area contributed by atoms with E-state index in [1.165, 1.54) is 23.9 Å². The van der Waals surface area contributed by atoms with Crippen molar-refractivity contribution in [2.45, 2.75) is 31.8 Å². The average molecular weight is 326 g/mol. The number of amides is 1. The predicted molar refractivity (Wildman–Crippen MR) is 94.5 cm³/mol. The fourth-order valence-corrected chi connectivity index (χ4v) is 3.75. The van der Waals surface area contributed by atoms with Crippen LogP contribution < -0.4 is 10.2 Å². The van der Waals surface area contributed by atoms with Gasteiger partial charge in [-0.25, -0.2) is 4.99 Å². The van der Waals surface area contributed by atoms with Gasteiger partial charge in [0.25, 0.3) is 11.9 Å². The zero-order chi connectivity index (χ0) is 16.7. The lowest BCUT2D eigenvalue weighted by Gasteiger charge is -2.22. The van der Waals surface area contributed by atoms with Crippen LogP contribution in [0.15, 0.2) is 29.4 Å². The molecule has 2 unspecified atom stereocenters. The Kier molecular flexibility index (Phi) is 3.67. The molecular weight excluding hydrogens is 304 g/mol. The summed E-state index contributed by atoms with van der Waals surface area (Å²) in [5.74, 6) is -0.196. The van der Waals surface area contributed by atoms with Crippen LogP contribution >= 0.6 is 0 Å². The third kappa shape index (κ3) is 2.33. The van der Waals surface area contributed by atoms with E-state index in [1.807, 2.05) is 13.1 Å². The lowest BCUT2D eigenvalue weighted by Crippen LogP contribution is -2.28. The number of aliphatic imine (C=N–C) groups is 1. The van der Waals surface area contributed by atoms with Crippen molar-refractivity contribution in [3.8, 4) is 0 Å². The van der Waals surface area contributed by atoms with Crippen LogP contribution in [0.25, 0.3) is 10.9 Å². The summed E-state index contributed by atoms with van der Waals surface area (Å²) in [4.78, 5) is 21.9. The molecule has 126 valence electrons. The van der Waals surface area contributed by atoms with Crippen molar-refractivity contribution < 1.29 is 9.53 Å². The number of ether oxygens (including phenoxy) is 1. The number of fused-ring (bicyclic) bond motifs is 1. The minimum atomic E-state index is -0.547. The molecule has 1 aromatic heterocycles. The number of rotatable bonds is 3. The highest BCUT2D eigenvalue weighted by molar-refractivity contribution is 6.03. The highest BCUT2D eigenvalue weighted by atomic mass is 16.5. The zero-order valence-electron chi connectivity index (χ0n) is 14.0. The maximum atomic E-state index is 12.2. The first kappa shape index (κ1) is 15.1. The van der Waals surface area contributed by atoms with Crippen molar-refractivity contribution in [3.05, 3.63) is 30.0 Å². The Morgan fingerprint density at radius 1 is 1.33 bits per heavy atom. The SMILES string of the molecule is CN=C1NC(=O)C(C(C)c2c[nH]c3cccc(N4CCCC4)c23)O1. The number of hydrogen-bond acceptors (Lipinski definition) is 4. The molecule has 0 bridgehead atoms. The highest BCUT2D eigenvalue weighted by Gasteiger charge is 2.37. The lowest BCUT2D eigenvalue weighted by molar-refractivity contribution is -0.124. The van der Waals surface area contributed by atoms with Crippen molar-refractivity contribution >= 4 is 28.5 Å². The van der Waals surface area contributed by atoms with Gasteiger partial charge in [-0.15, -0.1) is 0 Å². The molecule has 2 saturated heterocycles. The summed E-state index contributed by atoms with van der Waals surface area (Å²) < 4.78 is 5.68. The second-order valence-corrected chi connectivity index (χ2v) is 6.48. The molecule has 0 radical (unpaired) electrons. The summed E-state index contributed by atoms with van der Waals surface area (Å²) in [6.07, 6.45) is 3.92. The summed E-state index contributed by atoms with van der Waals surface area (Å²) in [6, 6.07) is 6.64. The number of H-pyrrole nitrogens is 1. The maximum Gasteiger partial charge on any atom is 0.292 e. The van der Waals surface area contributed by atoms with Gasteiger partial charge in [0.1, 0.15) is 0 Å². The Bertz CT molecular complexity index is 804. The van der Waals surface area contributed by atoms with Crippen molar-refractivity contribution in [2.75, 3.05) is 25.0 Å². The molecule has 2 aromatic rings. The second-order valence-electron chi connectivity index (χ2n) is 6.48. The summed E-state index contributed by atoms with van der Waals surface area (Å²) >= 11 is 0. The third-order valence-electron chi connectivity index (χ3n) is 5.04. The van der Waals surface area contributed by atoms with Crippen LogP contribution in [0.1, 0.15) is 31.2 Å². The Morgan fingerprint density at radius 2 is 2.12 bits per heavy atom. The topological polar surface area (TPSA) is 69.7 Å². The first-order chi connectivity index (χ1) is 11.7. The molecule has 24 heavy (non-hydrogen) atoms. The Morgan fingerprint density at radius 3 is 2.83 bits per heavy atom. The molecule has 0 spiro atoms. The van der Waals surface area contributed by atoms with Crippen LogP contribution in [-0.4, -0.2) is 43.2 Å². The number of aromatic nitrogens is 1. The number of nitrogens with zero attached hydrogens (tertiary/aromatic N) is 2. The number of hydrogen-bond donors (Lipinski definition) is 2. The number of benzene rings is 1. The van der Waals surface area contributed by atoms with Gasteiger partial charge < -0.3 is 14.6 Å². The average Bonchev–Trinajstić information content (AvgIpc) is 3.33. The van der Waals surface area contributed by atoms with Crippen LogP contribution in [0, 0.1) is 0 Å². The first-order valence-electron chi connectivity index (χ1n) is 8.48. The monoisotopic (exact) mass is 326 g/mol. The fraction of sp³-hybridized carbons (Fsp3) is 0.444. The van der Waals surface area contributed by atoms with Crippen LogP contribution in [0.5, 0.6) is 0 Å². The number of anilines is 1. The predicted octanol–water partition coefficient (Wildman–Crippen LogP) is 2.37. The summed E-state index contributed by atoms with van der Waals surface area (Å²) in [6.45, 7) is 4.21. The largest absolute Gasteiger partial charge is 0.451 e. The number of nitrogens with one attached hydrogen (secondary N) is 2. The molecule has 2 atom stereocenters. The van der Waals surface area contributed by atoms with Gasteiger partial charge in [0.05, 0.1) is 0 Å². The van der Waals surface area contributed by atoms with Crippen LogP contribution in [0.3, 0.4) is 0 Å². The molecule has 6 heteroatoms. The molecule has 1 aromatic carbocycles. The maximum absolute atomic E-state index is 12.2. The molecule has 6 nitrogen and oxygen atoms in total. The van der Waals surface area contributed by atoms with Crippen molar-refractivity contribution in [1.82, 2.24) is 10.3 Å². The lowest BCUT2D eigenvalue weighted by atomic mass is 9.93. The fourth-order valence-electron chi connectivity index (χ4n) is 3.75. The number of aromatic amines is 1. The molecule has 2 N–H and O–H groups in total. The van der Waals surface area contributed by atoms with Gasteiger partial charge in [-0.3, -0.25) is 10.1 Å². The second kappa shape index (κ2) is 5.85. The normalized spacial score (nSPS) is 23.8. The van der Waals surface area contributed by atoms with Crippen molar-refractivity contribution in [1.29, 1.82) is 0 Å². The molecule has 4 rings (SSSR count). The van der Waals surface area contributed by atoms with Crippen molar-refractivity contribution in [3.63, 3.8) is 0 Å². The quantitative estimate of drug-likeness (QED) is 0.910. The van der Waals surface area contributed by atoms with E-state index in [4.69, 9.17) is 4.74 Å². The van der Waals surface area contributed by atoms with E-state index in [9.17, 15) is 4.79 Å². The van der Waals surface area contributed by atoms with Gasteiger partial charge in [0, 0.05) is 48.8 Å². The molecule has 3 heterocycles. The Labute approximate surface area is 140 Å². The molecule has 2 aliphatic rings. The molecule has 2 fully saturated rings. The summed E-state index contributed by atoms with van der Waals surface area (Å²) in [5, 5.41) is 3.88. The van der Waals surface area contributed by atoms with Crippen LogP contribution in [0.4, 0.5) is 5.69 Å². The molecule has 2 aliphatic heterocycles. The van der Waals surface area contributed by atoms with Gasteiger partial charge in [0.2, 0.25) is 0 Å². The Hall–Kier alpha value is -2.50. The third-order valence-corrected chi connectivity index (χ3v) is 5.04. The molecule has 0 saturated carbocycles. The number of carbonyl (C=O) groups is 1. The highest BCUT2D eigenvalue weighted by Crippen LogP contribution is 2.37. The van der Waals surface area contributed by atoms with E-state index in [0.717, 1.165) is 24.2 Å². The van der Waals surface area contributed by atoms with E-state index in [-0.39, 0.29) is 11.8 Å². The van der Waals surface area contributed by atoms with Gasteiger partial charge in [0.15, 0.2) is 6.10 Å². The van der Waals surface area contributed by atoms with Gasteiger partial charge in [-0.2, -0.15) is 0 Å². The van der Waals surface area contributed by atoms with Gasteiger partial charge >= 0.3 is 0 Å². The van der Waals surface area contributed by atoms with E-state index in [0.29, 0.717) is 6.02 Å². The Balaban J connectivity index is 1.75. The van der Waals surface area contributed by atoms with E-state index in [1.54, 1.807) is 7.05 Å². The van der Waals surface area contributed by atoms with E-state index < -0.39 is 6.10 Å². The zero-order valence-corrected chi connectivity index (χ0v) is 14.0. The first-order valence-corrected chi connectivity index (χ1v) is 8.48. The van der Waals surface area contributed by atoms with E-state index >= 15 is 0 Å². The minimum absolute atomic E-state index is 0.0678. The molecular formula is C18H22N4O2. The molecule has 1 amide bonds.